The van der Waals surface area contributed by atoms with Crippen LogP contribution < -0.4 is 5.48 Å². The monoisotopic (exact) mass is 383 g/mol. The lowest BCUT2D eigenvalue weighted by molar-refractivity contribution is -0.158. The third kappa shape index (κ3) is 4.22. The molecular weight excluding hydrogens is 358 g/mol. The van der Waals surface area contributed by atoms with Crippen molar-refractivity contribution >= 4 is 21.8 Å². The molecule has 0 aliphatic carbocycles. The minimum Gasteiger partial charge on any atom is -0.459 e. The summed E-state index contributed by atoms with van der Waals surface area (Å²) in [5.74, 6) is -1.01. The van der Waals surface area contributed by atoms with Gasteiger partial charge in [0, 0.05) is 12.1 Å². The van der Waals surface area contributed by atoms with Crippen molar-refractivity contribution in [2.24, 2.45) is 0 Å². The van der Waals surface area contributed by atoms with Crippen LogP contribution in [0.15, 0.2) is 23.1 Å². The third-order valence-electron chi connectivity index (χ3n) is 3.99. The molecule has 1 aliphatic heterocycles. The van der Waals surface area contributed by atoms with Crippen LogP contribution in [0.4, 0.5) is 0 Å². The summed E-state index contributed by atoms with van der Waals surface area (Å²) in [4.78, 5) is 12.3. The minimum atomic E-state index is -4.05. The second-order valence-electron chi connectivity index (χ2n) is 7.29. The Bertz CT molecular complexity index is 814. The van der Waals surface area contributed by atoms with Gasteiger partial charge >= 0.3 is 5.97 Å². The maximum Gasteiger partial charge on any atom is 0.324 e. The predicted octanol–water partition coefficient (Wildman–Crippen LogP) is 1.79. The van der Waals surface area contributed by atoms with Crippen LogP contribution in [0.25, 0.3) is 0 Å². The molecule has 1 saturated heterocycles. The fraction of sp³-hybridized carbons (Fsp3) is 0.529. The summed E-state index contributed by atoms with van der Waals surface area (Å²) in [7, 11) is -4.05. The Morgan fingerprint density at radius 3 is 2.62 bits per heavy atom. The maximum absolute atomic E-state index is 13.2. The van der Waals surface area contributed by atoms with E-state index >= 15 is 0 Å². The summed E-state index contributed by atoms with van der Waals surface area (Å²) in [5, 5.41) is 16.8. The molecule has 1 aliphatic rings. The number of nitrogens with one attached hydrogen (secondary N) is 2. The molecule has 1 fully saturated rings. The van der Waals surface area contributed by atoms with E-state index in [4.69, 9.17) is 15.4 Å². The molecule has 0 aromatic heterocycles. The van der Waals surface area contributed by atoms with Crippen LogP contribution >= 0.6 is 0 Å². The first-order valence-corrected chi connectivity index (χ1v) is 9.76. The Labute approximate surface area is 153 Å². The largest absolute Gasteiger partial charge is 0.459 e. The van der Waals surface area contributed by atoms with E-state index in [1.807, 2.05) is 0 Å². The molecule has 0 unspecified atom stereocenters. The van der Waals surface area contributed by atoms with E-state index in [1.54, 1.807) is 39.2 Å². The van der Waals surface area contributed by atoms with Gasteiger partial charge in [0.1, 0.15) is 11.6 Å². The highest BCUT2D eigenvalue weighted by atomic mass is 32.2. The number of benzene rings is 1. The van der Waals surface area contributed by atoms with E-state index in [9.17, 15) is 13.2 Å². The number of carbonyl (C=O) groups is 1. The number of sulfonamides is 1. The average molecular weight is 383 g/mol. The van der Waals surface area contributed by atoms with Crippen molar-refractivity contribution in [2.45, 2.75) is 57.1 Å². The Kier molecular flexibility index (Phi) is 5.74. The van der Waals surface area contributed by atoms with Gasteiger partial charge < -0.3 is 4.74 Å². The number of hydroxylamine groups is 1. The maximum atomic E-state index is 13.2. The normalized spacial score (nSPS) is 18.6. The second kappa shape index (κ2) is 7.34. The van der Waals surface area contributed by atoms with Gasteiger partial charge in [-0.1, -0.05) is 11.6 Å². The average Bonchev–Trinajstić information content (AvgIpc) is 3.02. The van der Waals surface area contributed by atoms with Crippen LogP contribution in [0.2, 0.25) is 0 Å². The molecule has 0 saturated carbocycles. The van der Waals surface area contributed by atoms with Crippen molar-refractivity contribution in [1.82, 2.24) is 9.79 Å². The molecule has 8 nitrogen and oxygen atoms in total. The molecule has 2 rings (SSSR count). The van der Waals surface area contributed by atoms with Gasteiger partial charge in [-0.05, 0) is 52.7 Å². The number of amidine groups is 1. The zero-order chi connectivity index (χ0) is 19.7. The lowest BCUT2D eigenvalue weighted by Crippen LogP contribution is -2.44. The van der Waals surface area contributed by atoms with Gasteiger partial charge in [-0.2, -0.15) is 4.31 Å². The first kappa shape index (κ1) is 20.3. The molecule has 1 heterocycles. The number of hydrogen-bond acceptors (Lipinski definition) is 6. The van der Waals surface area contributed by atoms with Crippen LogP contribution in [0.3, 0.4) is 0 Å². The molecule has 1 aromatic carbocycles. The first-order chi connectivity index (χ1) is 12.0. The fourth-order valence-corrected chi connectivity index (χ4v) is 4.71. The SMILES string of the molecule is Cc1ccc(S(=O)(=O)N2CCC[C@H]2C(=O)OC(C)(C)C)c(C(=N)NO)c1. The van der Waals surface area contributed by atoms with E-state index in [2.05, 4.69) is 0 Å². The highest BCUT2D eigenvalue weighted by molar-refractivity contribution is 7.89. The predicted molar refractivity (Wildman–Crippen MR) is 95.7 cm³/mol. The number of ether oxygens (including phenoxy) is 1. The molecule has 1 atom stereocenters. The topological polar surface area (TPSA) is 120 Å². The van der Waals surface area contributed by atoms with Gasteiger partial charge in [-0.3, -0.25) is 20.9 Å². The van der Waals surface area contributed by atoms with Crippen LogP contribution in [0, 0.1) is 12.3 Å². The van der Waals surface area contributed by atoms with Crippen LogP contribution in [0.5, 0.6) is 0 Å². The van der Waals surface area contributed by atoms with Crippen LogP contribution in [-0.2, 0) is 19.6 Å². The molecule has 26 heavy (non-hydrogen) atoms. The number of esters is 1. The Hall–Kier alpha value is -1.97. The Morgan fingerprint density at radius 1 is 1.38 bits per heavy atom. The number of rotatable bonds is 4. The zero-order valence-electron chi connectivity index (χ0n) is 15.4. The van der Waals surface area contributed by atoms with Gasteiger partial charge in [0.15, 0.2) is 5.84 Å². The molecule has 9 heteroatoms. The van der Waals surface area contributed by atoms with Crippen molar-refractivity contribution < 1.29 is 23.2 Å². The summed E-state index contributed by atoms with van der Waals surface area (Å²) in [5.41, 5.74) is 1.75. The molecule has 0 bridgehead atoms. The van der Waals surface area contributed by atoms with E-state index in [-0.39, 0.29) is 17.0 Å². The third-order valence-corrected chi connectivity index (χ3v) is 5.95. The summed E-state index contributed by atoms with van der Waals surface area (Å²) in [6.07, 6.45) is 0.922. The summed E-state index contributed by atoms with van der Waals surface area (Å²) < 4.78 is 32.8. The quantitative estimate of drug-likeness (QED) is 0.316. The molecule has 0 radical (unpaired) electrons. The van der Waals surface area contributed by atoms with Crippen LogP contribution in [-0.4, -0.2) is 47.9 Å². The van der Waals surface area contributed by atoms with Crippen molar-refractivity contribution in [1.29, 1.82) is 5.41 Å². The fourth-order valence-electron chi connectivity index (χ4n) is 2.88. The van der Waals surface area contributed by atoms with Crippen LogP contribution in [0.1, 0.15) is 44.7 Å². The number of carbonyl (C=O) groups excluding carboxylic acids is 1. The standard InChI is InChI=1S/C17H25N3O5S/c1-11-7-8-14(12(10-11)15(18)19-22)26(23,24)20-9-5-6-13(20)16(21)25-17(2,3)4/h7-8,10,13,22H,5-6,9H2,1-4H3,(H2,18,19)/t13-/m0/s1. The molecule has 0 amide bonds. The molecule has 0 spiro atoms. The van der Waals surface area contributed by atoms with Gasteiger partial charge in [-0.25, -0.2) is 8.42 Å². The van der Waals surface area contributed by atoms with E-state index in [0.29, 0.717) is 12.8 Å². The molecule has 144 valence electrons. The summed E-state index contributed by atoms with van der Waals surface area (Å²) in [6.45, 7) is 7.13. The van der Waals surface area contributed by atoms with Gasteiger partial charge in [-0.15, -0.1) is 0 Å². The lowest BCUT2D eigenvalue weighted by Gasteiger charge is -2.27. The van der Waals surface area contributed by atoms with Crippen molar-refractivity contribution in [3.8, 4) is 0 Å². The number of aryl methyl sites for hydroxylation is 1. The second-order valence-corrected chi connectivity index (χ2v) is 9.15. The number of hydrogen-bond donors (Lipinski definition) is 3. The highest BCUT2D eigenvalue weighted by Crippen LogP contribution is 2.30. The van der Waals surface area contributed by atoms with Gasteiger partial charge in [0.05, 0.1) is 4.90 Å². The minimum absolute atomic E-state index is 0.0438. The highest BCUT2D eigenvalue weighted by Gasteiger charge is 2.42. The molecule has 1 aromatic rings. The van der Waals surface area contributed by atoms with Gasteiger partial charge in [0.25, 0.3) is 0 Å². The van der Waals surface area contributed by atoms with Crippen molar-refractivity contribution in [3.05, 3.63) is 29.3 Å². The number of nitrogens with zero attached hydrogens (tertiary/aromatic N) is 1. The van der Waals surface area contributed by atoms with E-state index in [1.165, 1.54) is 12.1 Å². The van der Waals surface area contributed by atoms with Crippen molar-refractivity contribution in [3.63, 3.8) is 0 Å². The Balaban J connectivity index is 2.44. The van der Waals surface area contributed by atoms with Crippen molar-refractivity contribution in [2.75, 3.05) is 6.54 Å². The molecular formula is C17H25N3O5S. The van der Waals surface area contributed by atoms with E-state index in [0.717, 1.165) is 9.87 Å². The summed E-state index contributed by atoms with van der Waals surface area (Å²) in [6, 6.07) is 3.59. The zero-order valence-corrected chi connectivity index (χ0v) is 16.2. The lowest BCUT2D eigenvalue weighted by atomic mass is 10.1. The Morgan fingerprint density at radius 2 is 2.04 bits per heavy atom. The first-order valence-electron chi connectivity index (χ1n) is 8.32. The van der Waals surface area contributed by atoms with Gasteiger partial charge in [0.2, 0.25) is 10.0 Å². The molecule has 3 N–H and O–H groups in total. The van der Waals surface area contributed by atoms with E-state index < -0.39 is 33.5 Å². The smallest absolute Gasteiger partial charge is 0.324 e. The summed E-state index contributed by atoms with van der Waals surface area (Å²) >= 11 is 0.